The van der Waals surface area contributed by atoms with Crippen molar-refractivity contribution in [3.8, 4) is 0 Å². The lowest BCUT2D eigenvalue weighted by atomic mass is 10.3. The van der Waals surface area contributed by atoms with Gasteiger partial charge in [-0.05, 0) is 13.0 Å². The Labute approximate surface area is 124 Å². The molecule has 0 spiro atoms. The molecular formula is C13H12ClF2N5. The van der Waals surface area contributed by atoms with Crippen LogP contribution < -0.4 is 0 Å². The van der Waals surface area contributed by atoms with E-state index in [-0.39, 0.29) is 12.1 Å². The Balaban J connectivity index is 2.23. The Hall–Kier alpha value is -2.02. The van der Waals surface area contributed by atoms with Crippen LogP contribution in [0.5, 0.6) is 0 Å². The summed E-state index contributed by atoms with van der Waals surface area (Å²) in [5.74, 6) is -0.273. The van der Waals surface area contributed by atoms with Gasteiger partial charge in [-0.15, -0.1) is 21.8 Å². The zero-order valence-electron chi connectivity index (χ0n) is 11.4. The number of fused-ring (bicyclic) bond motifs is 1. The van der Waals surface area contributed by atoms with Crippen LogP contribution in [0.25, 0.3) is 11.0 Å². The van der Waals surface area contributed by atoms with E-state index in [0.717, 1.165) is 6.07 Å². The molecule has 1 atom stereocenters. The minimum absolute atomic E-state index is 0.0982. The molecule has 0 N–H and O–H groups in total. The molecule has 0 radical (unpaired) electrons. The third-order valence-corrected chi connectivity index (χ3v) is 3.46. The predicted molar refractivity (Wildman–Crippen MR) is 74.0 cm³/mol. The molecule has 0 saturated carbocycles. The topological polar surface area (TPSA) is 48.5 Å². The van der Waals surface area contributed by atoms with Gasteiger partial charge in [0.25, 0.3) is 0 Å². The lowest BCUT2D eigenvalue weighted by molar-refractivity contribution is 0.590. The highest BCUT2D eigenvalue weighted by atomic mass is 35.5. The van der Waals surface area contributed by atoms with Crippen LogP contribution in [0.2, 0.25) is 0 Å². The first-order valence-corrected chi connectivity index (χ1v) is 6.73. The Kier molecular flexibility index (Phi) is 3.36. The molecule has 0 aliphatic carbocycles. The number of rotatable bonds is 3. The van der Waals surface area contributed by atoms with Gasteiger partial charge in [-0.25, -0.2) is 13.8 Å². The minimum Gasteiger partial charge on any atom is -0.319 e. The molecule has 1 aromatic carbocycles. The monoisotopic (exact) mass is 311 g/mol. The number of halogens is 3. The zero-order valence-corrected chi connectivity index (χ0v) is 12.1. The summed E-state index contributed by atoms with van der Waals surface area (Å²) in [7, 11) is 1.79. The first-order chi connectivity index (χ1) is 9.97. The van der Waals surface area contributed by atoms with Crippen molar-refractivity contribution >= 4 is 22.6 Å². The van der Waals surface area contributed by atoms with Crippen LogP contribution in [0.3, 0.4) is 0 Å². The van der Waals surface area contributed by atoms with Gasteiger partial charge in [-0.1, -0.05) is 0 Å². The molecule has 0 bridgehead atoms. The smallest absolute Gasteiger partial charge is 0.153 e. The largest absolute Gasteiger partial charge is 0.319 e. The van der Waals surface area contributed by atoms with Gasteiger partial charge in [0.05, 0.1) is 17.4 Å². The Bertz CT molecular complexity index is 808. The summed E-state index contributed by atoms with van der Waals surface area (Å²) in [6.07, 6.45) is 1.55. The molecule has 3 aromatic rings. The summed E-state index contributed by atoms with van der Waals surface area (Å²) in [4.78, 5) is 4.19. The molecule has 0 aliphatic rings. The van der Waals surface area contributed by atoms with Gasteiger partial charge in [0.2, 0.25) is 0 Å². The fraction of sp³-hybridized carbons (Fsp3) is 0.308. The number of aryl methyl sites for hydroxylation is 1. The Morgan fingerprint density at radius 3 is 2.71 bits per heavy atom. The fourth-order valence-electron chi connectivity index (χ4n) is 2.23. The molecule has 2 aromatic heterocycles. The molecule has 0 fully saturated rings. The average molecular weight is 312 g/mol. The van der Waals surface area contributed by atoms with Gasteiger partial charge in [0, 0.05) is 13.1 Å². The van der Waals surface area contributed by atoms with Crippen molar-refractivity contribution in [3.63, 3.8) is 0 Å². The standard InChI is InChI=1S/C13H12ClF2N5/c1-7(14)13-18-12-9(16)3-8(15)4-10(12)21(13)5-11-19-17-6-20(11)2/h3-4,6-7H,5H2,1-2H3. The van der Waals surface area contributed by atoms with Gasteiger partial charge in [-0.2, -0.15) is 0 Å². The van der Waals surface area contributed by atoms with Gasteiger partial charge in [-0.3, -0.25) is 0 Å². The molecule has 110 valence electrons. The molecule has 0 aliphatic heterocycles. The van der Waals surface area contributed by atoms with Crippen LogP contribution >= 0.6 is 11.6 Å². The normalized spacial score (nSPS) is 13.0. The Morgan fingerprint density at radius 2 is 2.10 bits per heavy atom. The maximum atomic E-state index is 13.9. The number of benzene rings is 1. The first-order valence-electron chi connectivity index (χ1n) is 6.29. The summed E-state index contributed by atoms with van der Waals surface area (Å²) in [5, 5.41) is 7.32. The Morgan fingerprint density at radius 1 is 1.33 bits per heavy atom. The SMILES string of the molecule is CC(Cl)c1nc2c(F)cc(F)cc2n1Cc1nncn1C. The summed E-state index contributed by atoms with van der Waals surface area (Å²) < 4.78 is 30.8. The molecule has 2 heterocycles. The van der Waals surface area contributed by atoms with E-state index in [2.05, 4.69) is 15.2 Å². The molecule has 0 amide bonds. The lowest BCUT2D eigenvalue weighted by Gasteiger charge is -2.09. The highest BCUT2D eigenvalue weighted by Gasteiger charge is 2.19. The van der Waals surface area contributed by atoms with Gasteiger partial charge >= 0.3 is 0 Å². The van der Waals surface area contributed by atoms with Crippen molar-refractivity contribution < 1.29 is 8.78 Å². The van der Waals surface area contributed by atoms with E-state index in [1.54, 1.807) is 29.4 Å². The second kappa shape index (κ2) is 5.07. The van der Waals surface area contributed by atoms with Crippen molar-refractivity contribution in [1.29, 1.82) is 0 Å². The van der Waals surface area contributed by atoms with E-state index >= 15 is 0 Å². The summed E-state index contributed by atoms with van der Waals surface area (Å²) in [6, 6.07) is 2.05. The second-order valence-electron chi connectivity index (χ2n) is 4.79. The third kappa shape index (κ3) is 2.37. The van der Waals surface area contributed by atoms with Crippen LogP contribution in [-0.2, 0) is 13.6 Å². The molecular weight excluding hydrogens is 300 g/mol. The van der Waals surface area contributed by atoms with Crippen molar-refractivity contribution in [2.75, 3.05) is 0 Å². The second-order valence-corrected chi connectivity index (χ2v) is 5.44. The average Bonchev–Trinajstić information content (AvgIpc) is 2.96. The third-order valence-electron chi connectivity index (χ3n) is 3.26. The highest BCUT2D eigenvalue weighted by Crippen LogP contribution is 2.27. The number of aromatic nitrogens is 5. The van der Waals surface area contributed by atoms with Gasteiger partial charge in [0.1, 0.15) is 23.5 Å². The molecule has 8 heteroatoms. The lowest BCUT2D eigenvalue weighted by Crippen LogP contribution is -2.09. The summed E-state index contributed by atoms with van der Waals surface area (Å²) in [6.45, 7) is 2.01. The summed E-state index contributed by atoms with van der Waals surface area (Å²) in [5.41, 5.74) is 0.444. The van der Waals surface area contributed by atoms with Crippen molar-refractivity contribution in [1.82, 2.24) is 24.3 Å². The van der Waals surface area contributed by atoms with Gasteiger partial charge in [0.15, 0.2) is 11.6 Å². The molecule has 0 saturated heterocycles. The molecule has 5 nitrogen and oxygen atoms in total. The first kappa shape index (κ1) is 13.9. The number of nitrogens with zero attached hydrogens (tertiary/aromatic N) is 5. The molecule has 3 rings (SSSR count). The zero-order chi connectivity index (χ0) is 15.1. The van der Waals surface area contributed by atoms with E-state index in [0.29, 0.717) is 17.2 Å². The molecule has 21 heavy (non-hydrogen) atoms. The number of imidazole rings is 1. The maximum absolute atomic E-state index is 13.9. The van der Waals surface area contributed by atoms with E-state index < -0.39 is 17.0 Å². The molecule has 1 unspecified atom stereocenters. The van der Waals surface area contributed by atoms with Crippen molar-refractivity contribution in [3.05, 3.63) is 41.7 Å². The number of alkyl halides is 1. The van der Waals surface area contributed by atoms with Crippen LogP contribution in [0.4, 0.5) is 8.78 Å². The van der Waals surface area contributed by atoms with Crippen molar-refractivity contribution in [2.24, 2.45) is 7.05 Å². The van der Waals surface area contributed by atoms with E-state index in [1.807, 2.05) is 0 Å². The van der Waals surface area contributed by atoms with Crippen LogP contribution in [0.1, 0.15) is 23.9 Å². The maximum Gasteiger partial charge on any atom is 0.153 e. The van der Waals surface area contributed by atoms with Crippen LogP contribution in [0.15, 0.2) is 18.5 Å². The van der Waals surface area contributed by atoms with E-state index in [9.17, 15) is 8.78 Å². The number of hydrogen-bond acceptors (Lipinski definition) is 3. The summed E-state index contributed by atoms with van der Waals surface area (Å²) >= 11 is 6.11. The number of hydrogen-bond donors (Lipinski definition) is 0. The van der Waals surface area contributed by atoms with Crippen molar-refractivity contribution in [2.45, 2.75) is 18.8 Å². The predicted octanol–water partition coefficient (Wildman–Crippen LogP) is 2.79. The highest BCUT2D eigenvalue weighted by molar-refractivity contribution is 6.20. The quantitative estimate of drug-likeness (QED) is 0.699. The van der Waals surface area contributed by atoms with E-state index in [1.165, 1.54) is 6.07 Å². The van der Waals surface area contributed by atoms with Crippen LogP contribution in [-0.4, -0.2) is 24.3 Å². The minimum atomic E-state index is -0.708. The fourth-order valence-corrected chi connectivity index (χ4v) is 2.40. The van der Waals surface area contributed by atoms with Crippen LogP contribution in [0, 0.1) is 11.6 Å². The van der Waals surface area contributed by atoms with E-state index in [4.69, 9.17) is 11.6 Å². The van der Waals surface area contributed by atoms with Gasteiger partial charge < -0.3 is 9.13 Å².